The fourth-order valence-electron chi connectivity index (χ4n) is 0.881. The molecule has 0 aliphatic rings. The maximum atomic E-state index is 10.2. The Balaban J connectivity index is 0.00000144. The molecular weight excluding hydrogens is 212 g/mol. The minimum atomic E-state index is -2.06. The van der Waals surface area contributed by atoms with Gasteiger partial charge in [-0.2, -0.15) is 8.42 Å². The summed E-state index contributed by atoms with van der Waals surface area (Å²) in [5.41, 5.74) is 0. The van der Waals surface area contributed by atoms with Gasteiger partial charge >= 0.3 is 0 Å². The topological polar surface area (TPSA) is 43.0 Å². The van der Waals surface area contributed by atoms with E-state index in [1.165, 1.54) is 5.37 Å². The highest BCUT2D eigenvalue weighted by Crippen LogP contribution is 1.81. The standard InChI is InChI=1S/C7H11N2O2S.ClH/c1-2-8-3-4-9(7-8)5-6-12(10)11;/h3-4,6-7H,2,5H2,1H3;1H/q+1;/p-1. The Hall–Kier alpha value is -0.810. The van der Waals surface area contributed by atoms with Crippen LogP contribution in [0.3, 0.4) is 0 Å². The Bertz CT molecular complexity index is 375. The van der Waals surface area contributed by atoms with Crippen LogP contribution < -0.4 is 17.0 Å². The van der Waals surface area contributed by atoms with Crippen LogP contribution in [0.4, 0.5) is 0 Å². The number of halogens is 1. The molecule has 0 bridgehead atoms. The zero-order valence-corrected chi connectivity index (χ0v) is 8.79. The molecule has 0 unspecified atom stereocenters. The lowest BCUT2D eigenvalue weighted by atomic mass is 10.7. The first-order chi connectivity index (χ1) is 5.72. The van der Waals surface area contributed by atoms with Gasteiger partial charge < -0.3 is 12.4 Å². The molecule has 0 N–H and O–H groups in total. The second-order valence-electron chi connectivity index (χ2n) is 2.37. The van der Waals surface area contributed by atoms with Crippen molar-refractivity contribution in [2.75, 3.05) is 0 Å². The van der Waals surface area contributed by atoms with Crippen LogP contribution >= 0.6 is 0 Å². The third-order valence-electron chi connectivity index (χ3n) is 1.53. The van der Waals surface area contributed by atoms with Crippen LogP contribution in [0.5, 0.6) is 0 Å². The molecule has 0 spiro atoms. The quantitative estimate of drug-likeness (QED) is 0.393. The number of imidazole rings is 1. The zero-order valence-electron chi connectivity index (χ0n) is 7.22. The van der Waals surface area contributed by atoms with Gasteiger partial charge in [-0.3, -0.25) is 0 Å². The van der Waals surface area contributed by atoms with Gasteiger partial charge in [0.25, 0.3) is 0 Å². The van der Waals surface area contributed by atoms with E-state index in [1.54, 1.807) is 4.57 Å². The third-order valence-corrected chi connectivity index (χ3v) is 1.95. The van der Waals surface area contributed by atoms with Crippen molar-refractivity contribution in [2.45, 2.75) is 20.0 Å². The third kappa shape index (κ3) is 4.10. The molecule has 6 heteroatoms. The molecule has 0 saturated heterocycles. The smallest absolute Gasteiger partial charge is 0.244 e. The summed E-state index contributed by atoms with van der Waals surface area (Å²) in [6.45, 7) is 3.33. The van der Waals surface area contributed by atoms with E-state index >= 15 is 0 Å². The minimum Gasteiger partial charge on any atom is -1.00 e. The normalized spacial score (nSPS) is 9.00. The van der Waals surface area contributed by atoms with E-state index in [2.05, 4.69) is 0 Å². The van der Waals surface area contributed by atoms with Crippen LogP contribution in [0.1, 0.15) is 6.92 Å². The van der Waals surface area contributed by atoms with E-state index < -0.39 is 10.3 Å². The largest absolute Gasteiger partial charge is 1.00 e. The minimum absolute atomic E-state index is 0. The fourth-order valence-corrected chi connectivity index (χ4v) is 1.17. The van der Waals surface area contributed by atoms with Crippen molar-refractivity contribution in [3.8, 4) is 0 Å². The van der Waals surface area contributed by atoms with Gasteiger partial charge in [-0.15, -0.1) is 0 Å². The molecule has 74 valence electrons. The van der Waals surface area contributed by atoms with Gasteiger partial charge in [0.15, 0.2) is 0 Å². The summed E-state index contributed by atoms with van der Waals surface area (Å²) in [4.78, 5) is 0. The molecule has 0 aliphatic heterocycles. The summed E-state index contributed by atoms with van der Waals surface area (Å²) in [5, 5.41) is 1.22. The predicted octanol–water partition coefficient (Wildman–Crippen LogP) is -3.52. The average Bonchev–Trinajstić information content (AvgIpc) is 2.48. The lowest BCUT2D eigenvalue weighted by Gasteiger charge is -1.85. The highest BCUT2D eigenvalue weighted by atomic mass is 35.5. The van der Waals surface area contributed by atoms with E-state index in [4.69, 9.17) is 0 Å². The van der Waals surface area contributed by atoms with Gasteiger partial charge in [-0.05, 0) is 6.92 Å². The van der Waals surface area contributed by atoms with Crippen LogP contribution in [-0.2, 0) is 23.4 Å². The molecule has 0 amide bonds. The Morgan fingerprint density at radius 2 is 2.23 bits per heavy atom. The zero-order chi connectivity index (χ0) is 8.97. The molecule has 1 heterocycles. The van der Waals surface area contributed by atoms with Gasteiger partial charge in [0, 0.05) is 0 Å². The maximum Gasteiger partial charge on any atom is 0.244 e. The summed E-state index contributed by atoms with van der Waals surface area (Å²) in [6, 6.07) is 0. The maximum absolute atomic E-state index is 10.2. The lowest BCUT2D eigenvalue weighted by molar-refractivity contribution is -0.680. The molecule has 0 atom stereocenters. The Labute approximate surface area is 84.8 Å². The van der Waals surface area contributed by atoms with Crippen molar-refractivity contribution in [1.82, 2.24) is 4.57 Å². The van der Waals surface area contributed by atoms with E-state index in [1.807, 2.05) is 30.2 Å². The monoisotopic (exact) mass is 222 g/mol. The van der Waals surface area contributed by atoms with Crippen LogP contribution in [0, 0.1) is 0 Å². The molecule has 0 saturated carbocycles. The van der Waals surface area contributed by atoms with Crippen LogP contribution in [0.2, 0.25) is 0 Å². The van der Waals surface area contributed by atoms with Crippen LogP contribution in [-0.4, -0.2) is 18.4 Å². The molecule has 4 nitrogen and oxygen atoms in total. The second kappa shape index (κ2) is 5.77. The van der Waals surface area contributed by atoms with E-state index in [0.717, 1.165) is 6.54 Å². The first-order valence-electron chi connectivity index (χ1n) is 3.68. The molecule has 13 heavy (non-hydrogen) atoms. The Kier molecular flexibility index (Phi) is 5.41. The summed E-state index contributed by atoms with van der Waals surface area (Å²) in [6.07, 6.45) is 5.61. The molecule has 0 aromatic carbocycles. The Morgan fingerprint density at radius 3 is 2.69 bits per heavy atom. The Morgan fingerprint density at radius 1 is 1.54 bits per heavy atom. The fraction of sp³-hybridized carbons (Fsp3) is 0.429. The van der Waals surface area contributed by atoms with Crippen molar-refractivity contribution >= 4 is 15.7 Å². The predicted molar refractivity (Wildman–Crippen MR) is 45.3 cm³/mol. The van der Waals surface area contributed by atoms with Gasteiger partial charge in [0.1, 0.15) is 18.9 Å². The molecule has 1 aromatic rings. The van der Waals surface area contributed by atoms with Gasteiger partial charge in [0.05, 0.1) is 11.9 Å². The molecule has 0 fully saturated rings. The second-order valence-corrected chi connectivity index (χ2v) is 3.22. The number of rotatable bonds is 3. The summed E-state index contributed by atoms with van der Waals surface area (Å²) in [5.74, 6) is 0. The molecular formula is C7H11ClN2O2S. The molecule has 1 rings (SSSR count). The lowest BCUT2D eigenvalue weighted by Crippen LogP contribution is -3.00. The highest BCUT2D eigenvalue weighted by molar-refractivity contribution is 7.71. The van der Waals surface area contributed by atoms with E-state index in [-0.39, 0.29) is 12.4 Å². The number of aromatic nitrogens is 2. The molecule has 1 aromatic heterocycles. The number of hydrogen-bond donors (Lipinski definition) is 0. The highest BCUT2D eigenvalue weighted by Gasteiger charge is 1.98. The first kappa shape index (κ1) is 12.2. The van der Waals surface area contributed by atoms with Crippen molar-refractivity contribution in [1.29, 1.82) is 0 Å². The van der Waals surface area contributed by atoms with Gasteiger partial charge in [-0.25, -0.2) is 9.13 Å². The summed E-state index contributed by atoms with van der Waals surface area (Å²) in [7, 11) is -2.06. The van der Waals surface area contributed by atoms with Crippen LogP contribution in [0.15, 0.2) is 18.7 Å². The van der Waals surface area contributed by atoms with Crippen molar-refractivity contribution in [3.63, 3.8) is 0 Å². The summed E-state index contributed by atoms with van der Waals surface area (Å²) >= 11 is 0. The number of nitrogens with zero attached hydrogens (tertiary/aromatic N) is 2. The van der Waals surface area contributed by atoms with Crippen molar-refractivity contribution < 1.29 is 25.4 Å². The number of aryl methyl sites for hydroxylation is 1. The van der Waals surface area contributed by atoms with Gasteiger partial charge in [-0.1, -0.05) is 0 Å². The summed E-state index contributed by atoms with van der Waals surface area (Å²) < 4.78 is 24.1. The van der Waals surface area contributed by atoms with E-state index in [0.29, 0.717) is 6.54 Å². The first-order valence-corrected chi connectivity index (χ1v) is 4.82. The molecule has 0 aliphatic carbocycles. The van der Waals surface area contributed by atoms with Crippen LogP contribution in [0.25, 0.3) is 0 Å². The van der Waals surface area contributed by atoms with Gasteiger partial charge in [0.2, 0.25) is 16.6 Å². The van der Waals surface area contributed by atoms with E-state index in [9.17, 15) is 8.42 Å². The average molecular weight is 223 g/mol. The SMILES string of the molecule is CCn1cc[n+](CC=S(=O)=O)c1.[Cl-]. The number of hydrogen-bond acceptors (Lipinski definition) is 2. The molecule has 0 radical (unpaired) electrons. The van der Waals surface area contributed by atoms with Crippen molar-refractivity contribution in [2.24, 2.45) is 0 Å². The van der Waals surface area contributed by atoms with Crippen molar-refractivity contribution in [3.05, 3.63) is 18.7 Å².